The Bertz CT molecular complexity index is 271. The van der Waals surface area contributed by atoms with Crippen molar-refractivity contribution in [3.8, 4) is 0 Å². The minimum absolute atomic E-state index is 0.157. The highest BCUT2D eigenvalue weighted by Crippen LogP contribution is 2.12. The largest absolute Gasteiger partial charge is 0.324 e. The fourth-order valence-electron chi connectivity index (χ4n) is 0.682. The smallest absolute Gasteiger partial charge is 0.238 e. The van der Waals surface area contributed by atoms with Crippen LogP contribution in [0.1, 0.15) is 34.1 Å². The summed E-state index contributed by atoms with van der Waals surface area (Å²) >= 11 is 5.66. The third-order valence-corrected chi connectivity index (χ3v) is 1.67. The first kappa shape index (κ1) is 17.5. The van der Waals surface area contributed by atoms with Gasteiger partial charge in [0, 0.05) is 5.03 Å². The molecule has 5 heteroatoms. The van der Waals surface area contributed by atoms with Gasteiger partial charge in [-0.3, -0.25) is 4.79 Å². The molecule has 0 aromatic heterocycles. The first-order valence-corrected chi connectivity index (χ1v) is 5.61. The molecule has 1 amide bonds. The Labute approximate surface area is 102 Å². The Hall–Kier alpha value is -0.870. The summed E-state index contributed by atoms with van der Waals surface area (Å²) in [5.41, 5.74) is 5.34. The van der Waals surface area contributed by atoms with Crippen LogP contribution in [0.2, 0.25) is 0 Å². The molecule has 0 saturated carbocycles. The van der Waals surface area contributed by atoms with Crippen LogP contribution in [0.25, 0.3) is 0 Å². The van der Waals surface area contributed by atoms with Crippen molar-refractivity contribution >= 4 is 17.5 Å². The first-order chi connectivity index (χ1) is 7.51. The molecule has 3 N–H and O–H groups in total. The van der Waals surface area contributed by atoms with Gasteiger partial charge in [0.1, 0.15) is 5.83 Å². The lowest BCUT2D eigenvalue weighted by molar-refractivity contribution is -0.118. The van der Waals surface area contributed by atoms with Crippen LogP contribution < -0.4 is 11.1 Å². The highest BCUT2D eigenvalue weighted by atomic mass is 35.5. The van der Waals surface area contributed by atoms with Crippen LogP contribution in [-0.4, -0.2) is 12.5 Å². The van der Waals surface area contributed by atoms with Crippen LogP contribution in [-0.2, 0) is 4.79 Å². The number of carbonyl (C=O) groups is 1. The summed E-state index contributed by atoms with van der Waals surface area (Å²) in [6.45, 7) is 7.07. The van der Waals surface area contributed by atoms with E-state index in [-0.39, 0.29) is 24.5 Å². The second-order valence-corrected chi connectivity index (χ2v) is 3.21. The highest BCUT2D eigenvalue weighted by Gasteiger charge is 2.04. The lowest BCUT2D eigenvalue weighted by Gasteiger charge is -2.05. The molecule has 0 bridgehead atoms. The van der Waals surface area contributed by atoms with Crippen molar-refractivity contribution in [2.45, 2.75) is 34.1 Å². The van der Waals surface area contributed by atoms with E-state index in [1.54, 1.807) is 13.8 Å². The second kappa shape index (κ2) is 10.6. The number of amides is 1. The van der Waals surface area contributed by atoms with Crippen LogP contribution in [0.3, 0.4) is 0 Å². The molecule has 0 radical (unpaired) electrons. The molecule has 16 heavy (non-hydrogen) atoms. The number of carbonyl (C=O) groups excluding carboxylic acids is 1. The van der Waals surface area contributed by atoms with E-state index in [1.807, 2.05) is 13.8 Å². The van der Waals surface area contributed by atoms with Crippen LogP contribution in [0.15, 0.2) is 22.6 Å². The van der Waals surface area contributed by atoms with Crippen molar-refractivity contribution in [1.82, 2.24) is 5.32 Å². The molecule has 0 spiro atoms. The van der Waals surface area contributed by atoms with Crippen molar-refractivity contribution in [3.05, 3.63) is 22.6 Å². The topological polar surface area (TPSA) is 55.1 Å². The van der Waals surface area contributed by atoms with E-state index in [0.29, 0.717) is 5.03 Å². The van der Waals surface area contributed by atoms with Gasteiger partial charge in [0.15, 0.2) is 0 Å². The quantitative estimate of drug-likeness (QED) is 0.754. The van der Waals surface area contributed by atoms with Gasteiger partial charge in [0.25, 0.3) is 0 Å². The fraction of sp³-hybridized carbons (Fsp3) is 0.545. The highest BCUT2D eigenvalue weighted by molar-refractivity contribution is 6.29. The zero-order valence-electron chi connectivity index (χ0n) is 10.2. The zero-order chi connectivity index (χ0) is 13.1. The van der Waals surface area contributed by atoms with E-state index >= 15 is 0 Å². The van der Waals surface area contributed by atoms with Gasteiger partial charge < -0.3 is 11.1 Å². The van der Waals surface area contributed by atoms with Crippen molar-refractivity contribution in [1.29, 1.82) is 0 Å². The van der Waals surface area contributed by atoms with Crippen molar-refractivity contribution in [3.63, 3.8) is 0 Å². The minimum Gasteiger partial charge on any atom is -0.324 e. The average Bonchev–Trinajstić information content (AvgIpc) is 2.30. The summed E-state index contributed by atoms with van der Waals surface area (Å²) in [6, 6.07) is 0. The van der Waals surface area contributed by atoms with Crippen LogP contribution in [0, 0.1) is 0 Å². The van der Waals surface area contributed by atoms with Crippen molar-refractivity contribution < 1.29 is 9.18 Å². The summed E-state index contributed by atoms with van der Waals surface area (Å²) in [4.78, 5) is 10.9. The molecule has 3 nitrogen and oxygen atoms in total. The molecular weight excluding hydrogens is 231 g/mol. The van der Waals surface area contributed by atoms with E-state index in [4.69, 9.17) is 17.3 Å². The molecule has 0 heterocycles. The zero-order valence-corrected chi connectivity index (χ0v) is 11.0. The third kappa shape index (κ3) is 8.44. The second-order valence-electron chi connectivity index (χ2n) is 2.64. The summed E-state index contributed by atoms with van der Waals surface area (Å²) < 4.78 is 12.9. The minimum atomic E-state index is -0.403. The molecule has 0 rings (SSSR count). The van der Waals surface area contributed by atoms with Gasteiger partial charge in [-0.1, -0.05) is 32.4 Å². The standard InChI is InChI=1S/C9H14ClFN2O.C2H6/c1-3-7(11)4-8(6(2)10)13-9(14)5-12;1-2/h4H,3,5,12H2,1-2H3,(H,13,14);1-2H3/b7-4+,8-6-;. The van der Waals surface area contributed by atoms with E-state index in [0.717, 1.165) is 0 Å². The van der Waals surface area contributed by atoms with Gasteiger partial charge in [-0.2, -0.15) is 0 Å². The van der Waals surface area contributed by atoms with Crippen LogP contribution >= 0.6 is 11.6 Å². The summed E-state index contributed by atoms with van der Waals surface area (Å²) in [5, 5.41) is 2.71. The number of nitrogens with two attached hydrogens (primary N) is 1. The number of rotatable bonds is 4. The molecule has 0 aromatic carbocycles. The summed E-state index contributed by atoms with van der Waals surface area (Å²) in [5.74, 6) is -0.752. The predicted molar refractivity (Wildman–Crippen MR) is 66.6 cm³/mol. The molecule has 0 saturated heterocycles. The molecule has 0 aromatic rings. The molecule has 0 atom stereocenters. The Balaban J connectivity index is 0. The lowest BCUT2D eigenvalue weighted by atomic mass is 10.3. The van der Waals surface area contributed by atoms with E-state index in [9.17, 15) is 9.18 Å². The molecule has 0 fully saturated rings. The Morgan fingerprint density at radius 2 is 2.00 bits per heavy atom. The van der Waals surface area contributed by atoms with Gasteiger partial charge in [-0.25, -0.2) is 4.39 Å². The molecule has 0 unspecified atom stereocenters. The predicted octanol–water partition coefficient (Wildman–Crippen LogP) is 2.82. The maximum Gasteiger partial charge on any atom is 0.238 e. The summed E-state index contributed by atoms with van der Waals surface area (Å²) in [6.07, 6.45) is 1.45. The lowest BCUT2D eigenvalue weighted by Crippen LogP contribution is -2.29. The maximum atomic E-state index is 12.9. The molecular formula is C11H20ClFN2O. The fourth-order valence-corrected chi connectivity index (χ4v) is 0.783. The molecule has 94 valence electrons. The Kier molecular flexibility index (Phi) is 11.7. The first-order valence-electron chi connectivity index (χ1n) is 5.23. The number of hydrogen-bond donors (Lipinski definition) is 2. The van der Waals surface area contributed by atoms with Crippen LogP contribution in [0.4, 0.5) is 4.39 Å². The van der Waals surface area contributed by atoms with E-state index < -0.39 is 5.91 Å². The third-order valence-electron chi connectivity index (χ3n) is 1.47. The number of allylic oxidation sites excluding steroid dienone is 3. The average molecular weight is 251 g/mol. The Morgan fingerprint density at radius 1 is 1.50 bits per heavy atom. The van der Waals surface area contributed by atoms with Gasteiger partial charge in [-0.05, 0) is 19.4 Å². The SMILES string of the molecule is CC.CC/C(F)=C\C(NC(=O)CN)=C(/C)Cl. The summed E-state index contributed by atoms with van der Waals surface area (Å²) in [7, 11) is 0. The van der Waals surface area contributed by atoms with Gasteiger partial charge in [0.2, 0.25) is 5.91 Å². The molecule has 0 aliphatic carbocycles. The monoisotopic (exact) mass is 250 g/mol. The number of halogens is 2. The maximum absolute atomic E-state index is 12.9. The van der Waals surface area contributed by atoms with Gasteiger partial charge in [0.05, 0.1) is 12.2 Å². The van der Waals surface area contributed by atoms with E-state index in [1.165, 1.54) is 6.08 Å². The van der Waals surface area contributed by atoms with Crippen LogP contribution in [0.5, 0.6) is 0 Å². The van der Waals surface area contributed by atoms with E-state index in [2.05, 4.69) is 5.32 Å². The van der Waals surface area contributed by atoms with Crippen molar-refractivity contribution in [2.75, 3.05) is 6.54 Å². The molecule has 0 aliphatic heterocycles. The van der Waals surface area contributed by atoms with Crippen molar-refractivity contribution in [2.24, 2.45) is 5.73 Å². The number of hydrogen-bond acceptors (Lipinski definition) is 2. The Morgan fingerprint density at radius 3 is 2.31 bits per heavy atom. The van der Waals surface area contributed by atoms with Gasteiger partial charge >= 0.3 is 0 Å². The number of nitrogens with one attached hydrogen (secondary N) is 1. The van der Waals surface area contributed by atoms with Gasteiger partial charge in [-0.15, -0.1) is 0 Å². The molecule has 0 aliphatic rings. The normalized spacial score (nSPS) is 12.3.